The number of fused-ring (bicyclic) bond motifs is 1. The lowest BCUT2D eigenvalue weighted by Crippen LogP contribution is -2.22. The minimum Gasteiger partial charge on any atom is -0.452 e. The number of nitriles is 1. The largest absolute Gasteiger partial charge is 0.452 e. The van der Waals surface area contributed by atoms with Crippen molar-refractivity contribution in [2.45, 2.75) is 39.5 Å². The van der Waals surface area contributed by atoms with E-state index in [2.05, 4.69) is 11.4 Å². The summed E-state index contributed by atoms with van der Waals surface area (Å²) in [6.45, 7) is 3.37. The van der Waals surface area contributed by atoms with Crippen molar-refractivity contribution in [1.82, 2.24) is 0 Å². The van der Waals surface area contributed by atoms with Crippen molar-refractivity contribution in [3.63, 3.8) is 0 Å². The minimum atomic E-state index is -0.756. The molecule has 1 amide bonds. The van der Waals surface area contributed by atoms with Gasteiger partial charge in [0.15, 0.2) is 12.4 Å². The zero-order chi connectivity index (χ0) is 24.2. The number of nitrogens with zero attached hydrogens (tertiary/aromatic N) is 1. The van der Waals surface area contributed by atoms with Crippen molar-refractivity contribution < 1.29 is 19.1 Å². The summed E-state index contributed by atoms with van der Waals surface area (Å²) < 4.78 is 5.23. The SMILES string of the molecule is Cc1ccc(C(=O)c2ccccc2C(=O)OCC(=O)Nc2sc3c(c2C#N)CCCC3)cc1C. The molecular formula is C27H24N2O4S. The van der Waals surface area contributed by atoms with Crippen molar-refractivity contribution in [2.24, 2.45) is 0 Å². The zero-order valence-corrected chi connectivity index (χ0v) is 19.9. The summed E-state index contributed by atoms with van der Waals surface area (Å²) >= 11 is 1.41. The van der Waals surface area contributed by atoms with E-state index in [0.717, 1.165) is 47.3 Å². The summed E-state index contributed by atoms with van der Waals surface area (Å²) in [5.74, 6) is -1.57. The Morgan fingerprint density at radius 1 is 1.03 bits per heavy atom. The predicted molar refractivity (Wildman–Crippen MR) is 130 cm³/mol. The summed E-state index contributed by atoms with van der Waals surface area (Å²) in [6, 6.07) is 14.0. The average Bonchev–Trinajstić information content (AvgIpc) is 3.20. The van der Waals surface area contributed by atoms with Crippen LogP contribution in [0.4, 0.5) is 5.00 Å². The van der Waals surface area contributed by atoms with E-state index >= 15 is 0 Å². The van der Waals surface area contributed by atoms with Gasteiger partial charge in [-0.05, 0) is 68.4 Å². The van der Waals surface area contributed by atoms with E-state index in [0.29, 0.717) is 16.1 Å². The number of amides is 1. The maximum atomic E-state index is 13.1. The molecule has 0 aliphatic heterocycles. The van der Waals surface area contributed by atoms with Crippen molar-refractivity contribution in [2.75, 3.05) is 11.9 Å². The van der Waals surface area contributed by atoms with Crippen LogP contribution in [-0.2, 0) is 22.4 Å². The Kier molecular flexibility index (Phi) is 6.90. The first-order chi connectivity index (χ1) is 16.4. The molecule has 0 atom stereocenters. The van der Waals surface area contributed by atoms with Crippen LogP contribution in [0.3, 0.4) is 0 Å². The standard InChI is InChI=1S/C27H24N2O4S/c1-16-11-12-18(13-17(16)2)25(31)20-8-3-4-9-21(20)27(32)33-15-24(30)29-26-22(14-28)19-7-5-6-10-23(19)34-26/h3-4,8-9,11-13H,5-7,10,15H2,1-2H3,(H,29,30). The molecule has 1 N–H and O–H groups in total. The molecular weight excluding hydrogens is 448 g/mol. The normalized spacial score (nSPS) is 12.4. The lowest BCUT2D eigenvalue weighted by molar-refractivity contribution is -0.119. The average molecular weight is 473 g/mol. The number of carbonyl (C=O) groups excluding carboxylic acids is 3. The molecule has 34 heavy (non-hydrogen) atoms. The lowest BCUT2D eigenvalue weighted by Gasteiger charge is -2.10. The highest BCUT2D eigenvalue weighted by atomic mass is 32.1. The number of rotatable bonds is 6. The third kappa shape index (κ3) is 4.78. The molecule has 7 heteroatoms. The van der Waals surface area contributed by atoms with Crippen LogP contribution in [0.1, 0.15) is 66.3 Å². The first-order valence-corrected chi connectivity index (χ1v) is 11.9. The van der Waals surface area contributed by atoms with Gasteiger partial charge in [-0.15, -0.1) is 11.3 Å². The Hall–Kier alpha value is -3.76. The summed E-state index contributed by atoms with van der Waals surface area (Å²) in [6.07, 6.45) is 3.85. The van der Waals surface area contributed by atoms with Crippen LogP contribution in [0.25, 0.3) is 0 Å². The van der Waals surface area contributed by atoms with Crippen molar-refractivity contribution >= 4 is 34.0 Å². The summed E-state index contributed by atoms with van der Waals surface area (Å²) in [5, 5.41) is 12.8. The van der Waals surface area contributed by atoms with Gasteiger partial charge in [0, 0.05) is 16.0 Å². The van der Waals surface area contributed by atoms with Crippen LogP contribution in [0.2, 0.25) is 0 Å². The molecule has 0 spiro atoms. The highest BCUT2D eigenvalue weighted by Crippen LogP contribution is 2.37. The monoisotopic (exact) mass is 472 g/mol. The quantitative estimate of drug-likeness (QED) is 0.396. The second-order valence-electron chi connectivity index (χ2n) is 8.32. The number of esters is 1. The molecule has 2 aromatic carbocycles. The molecule has 0 radical (unpaired) electrons. The van der Waals surface area contributed by atoms with Gasteiger partial charge in [0.1, 0.15) is 11.1 Å². The molecule has 1 aromatic heterocycles. The topological polar surface area (TPSA) is 96.3 Å². The molecule has 1 aliphatic rings. The number of hydrogen-bond donors (Lipinski definition) is 1. The van der Waals surface area contributed by atoms with Crippen molar-refractivity contribution in [3.05, 3.63) is 86.3 Å². The summed E-state index contributed by atoms with van der Waals surface area (Å²) in [7, 11) is 0. The number of anilines is 1. The first-order valence-electron chi connectivity index (χ1n) is 11.1. The van der Waals surface area contributed by atoms with Crippen LogP contribution in [0, 0.1) is 25.2 Å². The summed E-state index contributed by atoms with van der Waals surface area (Å²) in [5.41, 5.74) is 4.37. The summed E-state index contributed by atoms with van der Waals surface area (Å²) in [4.78, 5) is 39.4. The van der Waals surface area contributed by atoms with Gasteiger partial charge < -0.3 is 10.1 Å². The fraction of sp³-hybridized carbons (Fsp3) is 0.259. The zero-order valence-electron chi connectivity index (χ0n) is 19.1. The third-order valence-corrected chi connectivity index (χ3v) is 7.24. The molecule has 1 aliphatic carbocycles. The second kappa shape index (κ2) is 10.0. The first kappa shape index (κ1) is 23.4. The number of nitrogens with one attached hydrogen (secondary N) is 1. The fourth-order valence-corrected chi connectivity index (χ4v) is 5.30. The van der Waals surface area contributed by atoms with Crippen LogP contribution in [0.5, 0.6) is 0 Å². The molecule has 0 unspecified atom stereocenters. The number of carbonyl (C=O) groups is 3. The lowest BCUT2D eigenvalue weighted by atomic mass is 9.96. The molecule has 172 valence electrons. The fourth-order valence-electron chi connectivity index (χ4n) is 4.04. The molecule has 1 heterocycles. The number of thiophene rings is 1. The highest BCUT2D eigenvalue weighted by Gasteiger charge is 2.23. The Labute approximate surface area is 202 Å². The van der Waals surface area contributed by atoms with Crippen molar-refractivity contribution in [1.29, 1.82) is 5.26 Å². The predicted octanol–water partition coefficient (Wildman–Crippen LogP) is 5.14. The van der Waals surface area contributed by atoms with Crippen LogP contribution >= 0.6 is 11.3 Å². The Morgan fingerprint density at radius 2 is 1.76 bits per heavy atom. The number of benzene rings is 2. The van der Waals surface area contributed by atoms with E-state index < -0.39 is 18.5 Å². The number of ether oxygens (including phenoxy) is 1. The molecule has 0 saturated heterocycles. The van der Waals surface area contributed by atoms with Gasteiger partial charge in [0.05, 0.1) is 11.1 Å². The maximum absolute atomic E-state index is 13.1. The van der Waals surface area contributed by atoms with Crippen LogP contribution in [0.15, 0.2) is 42.5 Å². The Morgan fingerprint density at radius 3 is 2.50 bits per heavy atom. The highest BCUT2D eigenvalue weighted by molar-refractivity contribution is 7.16. The number of hydrogen-bond acceptors (Lipinski definition) is 6. The van der Waals surface area contributed by atoms with Gasteiger partial charge in [0.25, 0.3) is 5.91 Å². The maximum Gasteiger partial charge on any atom is 0.339 e. The van der Waals surface area contributed by atoms with Gasteiger partial charge in [-0.25, -0.2) is 4.79 Å². The van der Waals surface area contributed by atoms with E-state index in [9.17, 15) is 19.6 Å². The van der Waals surface area contributed by atoms with Gasteiger partial charge >= 0.3 is 5.97 Å². The Balaban J connectivity index is 1.45. The van der Waals surface area contributed by atoms with Gasteiger partial charge in [-0.2, -0.15) is 5.26 Å². The molecule has 4 rings (SSSR count). The van der Waals surface area contributed by atoms with E-state index in [1.165, 1.54) is 17.4 Å². The molecule has 6 nitrogen and oxygen atoms in total. The van der Waals surface area contributed by atoms with E-state index in [4.69, 9.17) is 4.74 Å². The number of aryl methyl sites for hydroxylation is 3. The van der Waals surface area contributed by atoms with Gasteiger partial charge in [-0.1, -0.05) is 30.3 Å². The van der Waals surface area contributed by atoms with E-state index in [-0.39, 0.29) is 16.9 Å². The molecule has 0 saturated carbocycles. The van der Waals surface area contributed by atoms with Crippen molar-refractivity contribution in [3.8, 4) is 6.07 Å². The number of ketones is 1. The van der Waals surface area contributed by atoms with E-state index in [1.54, 1.807) is 30.3 Å². The smallest absolute Gasteiger partial charge is 0.339 e. The van der Waals surface area contributed by atoms with Gasteiger partial charge in [-0.3, -0.25) is 9.59 Å². The molecule has 3 aromatic rings. The third-order valence-electron chi connectivity index (χ3n) is 6.03. The second-order valence-corrected chi connectivity index (χ2v) is 9.43. The van der Waals surface area contributed by atoms with Crippen LogP contribution < -0.4 is 5.32 Å². The molecule has 0 bridgehead atoms. The van der Waals surface area contributed by atoms with E-state index in [1.807, 2.05) is 19.9 Å². The molecule has 0 fully saturated rings. The Bertz CT molecular complexity index is 1330. The van der Waals surface area contributed by atoms with Gasteiger partial charge in [0.2, 0.25) is 0 Å². The minimum absolute atomic E-state index is 0.0998. The van der Waals surface area contributed by atoms with Crippen LogP contribution in [-0.4, -0.2) is 24.3 Å².